The molecule has 0 atom stereocenters. The molecule has 5 heteroatoms. The lowest BCUT2D eigenvalue weighted by atomic mass is 10.1. The van der Waals surface area contributed by atoms with E-state index in [1.807, 2.05) is 24.3 Å². The first-order chi connectivity index (χ1) is 7.16. The van der Waals surface area contributed by atoms with Crippen molar-refractivity contribution < 1.29 is 0 Å². The highest BCUT2D eigenvalue weighted by Crippen LogP contribution is 2.23. The fraction of sp³-hybridized carbons (Fsp3) is 0. The Morgan fingerprint density at radius 3 is 2.40 bits per heavy atom. The van der Waals surface area contributed by atoms with E-state index in [-0.39, 0.29) is 5.15 Å². The van der Waals surface area contributed by atoms with Gasteiger partial charge in [-0.1, -0.05) is 39.7 Å². The third-order valence-electron chi connectivity index (χ3n) is 1.92. The van der Waals surface area contributed by atoms with Gasteiger partial charge in [-0.05, 0) is 18.2 Å². The van der Waals surface area contributed by atoms with Crippen molar-refractivity contribution in [3.63, 3.8) is 0 Å². The number of hydrogen-bond donors (Lipinski definition) is 1. The second-order valence-electron chi connectivity index (χ2n) is 2.98. The minimum Gasteiger partial charge on any atom is -0.396 e. The summed E-state index contributed by atoms with van der Waals surface area (Å²) in [5.74, 6) is 0. The molecule has 0 aliphatic rings. The molecule has 0 bridgehead atoms. The number of aromatic nitrogens is 2. The van der Waals surface area contributed by atoms with Crippen LogP contribution in [0.15, 0.2) is 34.8 Å². The first-order valence-electron chi connectivity index (χ1n) is 4.21. The van der Waals surface area contributed by atoms with Crippen LogP contribution in [0.3, 0.4) is 0 Å². The molecule has 0 fully saturated rings. The van der Waals surface area contributed by atoms with Gasteiger partial charge in [0.05, 0.1) is 11.4 Å². The van der Waals surface area contributed by atoms with Gasteiger partial charge in [0.1, 0.15) is 0 Å². The van der Waals surface area contributed by atoms with E-state index in [0.717, 1.165) is 10.0 Å². The SMILES string of the molecule is Nc1cc(-c2ccc(Br)cc2)nnc1Cl. The van der Waals surface area contributed by atoms with Crippen LogP contribution in [0, 0.1) is 0 Å². The van der Waals surface area contributed by atoms with E-state index in [4.69, 9.17) is 17.3 Å². The maximum Gasteiger partial charge on any atom is 0.174 e. The molecule has 3 nitrogen and oxygen atoms in total. The van der Waals surface area contributed by atoms with Gasteiger partial charge in [-0.15, -0.1) is 10.2 Å². The number of rotatable bonds is 1. The molecular formula is C10H7BrClN3. The third-order valence-corrected chi connectivity index (χ3v) is 2.74. The fourth-order valence-corrected chi connectivity index (χ4v) is 1.51. The van der Waals surface area contributed by atoms with E-state index in [0.29, 0.717) is 11.4 Å². The molecule has 0 amide bonds. The van der Waals surface area contributed by atoms with Gasteiger partial charge in [0.2, 0.25) is 0 Å². The van der Waals surface area contributed by atoms with E-state index in [2.05, 4.69) is 26.1 Å². The minimum atomic E-state index is 0.232. The molecule has 1 aromatic heterocycles. The predicted molar refractivity (Wildman–Crippen MR) is 64.6 cm³/mol. The summed E-state index contributed by atoms with van der Waals surface area (Å²) in [7, 11) is 0. The average molecular weight is 285 g/mol. The summed E-state index contributed by atoms with van der Waals surface area (Å²) in [6.45, 7) is 0. The lowest BCUT2D eigenvalue weighted by molar-refractivity contribution is 1.04. The molecular weight excluding hydrogens is 277 g/mol. The number of halogens is 2. The molecule has 0 saturated carbocycles. The maximum atomic E-state index is 5.69. The number of nitrogens with two attached hydrogens (primary N) is 1. The van der Waals surface area contributed by atoms with Crippen molar-refractivity contribution in [1.82, 2.24) is 10.2 Å². The second-order valence-corrected chi connectivity index (χ2v) is 4.26. The van der Waals surface area contributed by atoms with Crippen LogP contribution >= 0.6 is 27.5 Å². The van der Waals surface area contributed by atoms with E-state index >= 15 is 0 Å². The van der Waals surface area contributed by atoms with Crippen molar-refractivity contribution in [2.45, 2.75) is 0 Å². The van der Waals surface area contributed by atoms with Crippen molar-refractivity contribution in [3.05, 3.63) is 40.0 Å². The molecule has 0 saturated heterocycles. The summed E-state index contributed by atoms with van der Waals surface area (Å²) < 4.78 is 1.01. The molecule has 0 spiro atoms. The van der Waals surface area contributed by atoms with Crippen LogP contribution in [0.4, 0.5) is 5.69 Å². The Bertz CT molecular complexity index is 485. The van der Waals surface area contributed by atoms with Crippen LogP contribution < -0.4 is 5.73 Å². The van der Waals surface area contributed by atoms with Crippen LogP contribution in [0.5, 0.6) is 0 Å². The molecule has 0 radical (unpaired) electrons. The van der Waals surface area contributed by atoms with E-state index in [1.165, 1.54) is 0 Å². The van der Waals surface area contributed by atoms with Gasteiger partial charge in [0.25, 0.3) is 0 Å². The molecule has 0 aliphatic heterocycles. The van der Waals surface area contributed by atoms with Crippen molar-refractivity contribution in [2.24, 2.45) is 0 Å². The molecule has 2 N–H and O–H groups in total. The topological polar surface area (TPSA) is 51.8 Å². The van der Waals surface area contributed by atoms with Crippen molar-refractivity contribution >= 4 is 33.2 Å². The molecule has 2 aromatic rings. The van der Waals surface area contributed by atoms with Gasteiger partial charge in [-0.3, -0.25) is 0 Å². The van der Waals surface area contributed by atoms with Gasteiger partial charge in [0, 0.05) is 10.0 Å². The molecule has 0 unspecified atom stereocenters. The van der Waals surface area contributed by atoms with Crippen LogP contribution in [0.2, 0.25) is 5.15 Å². The Morgan fingerprint density at radius 1 is 1.13 bits per heavy atom. The quantitative estimate of drug-likeness (QED) is 0.875. The highest BCUT2D eigenvalue weighted by atomic mass is 79.9. The van der Waals surface area contributed by atoms with E-state index in [9.17, 15) is 0 Å². The third kappa shape index (κ3) is 2.27. The van der Waals surface area contributed by atoms with Gasteiger partial charge in [0.15, 0.2) is 5.15 Å². The smallest absolute Gasteiger partial charge is 0.174 e. The zero-order valence-electron chi connectivity index (χ0n) is 7.61. The molecule has 76 valence electrons. The van der Waals surface area contributed by atoms with Crippen LogP contribution in [-0.2, 0) is 0 Å². The summed E-state index contributed by atoms with van der Waals surface area (Å²) in [5.41, 5.74) is 7.74. The molecule has 15 heavy (non-hydrogen) atoms. The van der Waals surface area contributed by atoms with Gasteiger partial charge in [-0.2, -0.15) is 0 Å². The largest absolute Gasteiger partial charge is 0.396 e. The van der Waals surface area contributed by atoms with Crippen molar-refractivity contribution in [2.75, 3.05) is 5.73 Å². The highest BCUT2D eigenvalue weighted by molar-refractivity contribution is 9.10. The lowest BCUT2D eigenvalue weighted by Gasteiger charge is -2.02. The van der Waals surface area contributed by atoms with Crippen LogP contribution in [-0.4, -0.2) is 10.2 Å². The average Bonchev–Trinajstić information content (AvgIpc) is 2.23. The summed E-state index contributed by atoms with van der Waals surface area (Å²) in [4.78, 5) is 0. The summed E-state index contributed by atoms with van der Waals surface area (Å²) in [6, 6.07) is 9.44. The van der Waals surface area contributed by atoms with E-state index < -0.39 is 0 Å². The first-order valence-corrected chi connectivity index (χ1v) is 5.38. The summed E-state index contributed by atoms with van der Waals surface area (Å²) >= 11 is 9.05. The molecule has 1 heterocycles. The van der Waals surface area contributed by atoms with Crippen molar-refractivity contribution in [1.29, 1.82) is 0 Å². The molecule has 2 rings (SSSR count). The van der Waals surface area contributed by atoms with Crippen molar-refractivity contribution in [3.8, 4) is 11.3 Å². The number of hydrogen-bond acceptors (Lipinski definition) is 3. The molecule has 0 aliphatic carbocycles. The van der Waals surface area contributed by atoms with Crippen LogP contribution in [0.1, 0.15) is 0 Å². The Labute approximate surface area is 100 Å². The molecule has 1 aromatic carbocycles. The number of nitrogens with zero attached hydrogens (tertiary/aromatic N) is 2. The second kappa shape index (κ2) is 4.16. The monoisotopic (exact) mass is 283 g/mol. The Balaban J connectivity index is 2.45. The van der Waals surface area contributed by atoms with Gasteiger partial charge in [-0.25, -0.2) is 0 Å². The first kappa shape index (κ1) is 10.4. The van der Waals surface area contributed by atoms with Gasteiger partial charge < -0.3 is 5.73 Å². The predicted octanol–water partition coefficient (Wildman–Crippen LogP) is 3.14. The maximum absolute atomic E-state index is 5.69. The fourth-order valence-electron chi connectivity index (χ4n) is 1.15. The Morgan fingerprint density at radius 2 is 1.80 bits per heavy atom. The summed E-state index contributed by atoms with van der Waals surface area (Å²) in [6.07, 6.45) is 0. The normalized spacial score (nSPS) is 10.3. The number of anilines is 1. The number of nitrogen functional groups attached to an aromatic ring is 1. The highest BCUT2D eigenvalue weighted by Gasteiger charge is 2.03. The standard InChI is InChI=1S/C10H7BrClN3/c11-7-3-1-6(2-4-7)9-5-8(13)10(12)15-14-9/h1-5H,(H2,13,14). The van der Waals surface area contributed by atoms with Crippen LogP contribution in [0.25, 0.3) is 11.3 Å². The minimum absolute atomic E-state index is 0.232. The zero-order chi connectivity index (χ0) is 10.8. The lowest BCUT2D eigenvalue weighted by Crippen LogP contribution is -1.94. The van der Waals surface area contributed by atoms with Gasteiger partial charge >= 0.3 is 0 Å². The zero-order valence-corrected chi connectivity index (χ0v) is 9.96. The summed E-state index contributed by atoms with van der Waals surface area (Å²) in [5, 5.41) is 7.95. The Kier molecular flexibility index (Phi) is 2.88. The Hall–Kier alpha value is -1.13. The van der Waals surface area contributed by atoms with E-state index in [1.54, 1.807) is 6.07 Å². The number of benzene rings is 1.